The van der Waals surface area contributed by atoms with Crippen LogP contribution in [0.25, 0.3) is 5.69 Å². The molecule has 0 N–H and O–H groups in total. The summed E-state index contributed by atoms with van der Waals surface area (Å²) in [5, 5.41) is 0. The van der Waals surface area contributed by atoms with E-state index in [2.05, 4.69) is 11.9 Å². The molecule has 2 aromatic rings. The van der Waals surface area contributed by atoms with Crippen molar-refractivity contribution < 1.29 is 13.2 Å². The smallest absolute Gasteiger partial charge is 0.274 e. The maximum Gasteiger partial charge on any atom is 0.274 e. The van der Waals surface area contributed by atoms with Gasteiger partial charge in [0.25, 0.3) is 5.91 Å². The number of imidazole rings is 1. The predicted octanol–water partition coefficient (Wildman–Crippen LogP) is 2.27. The summed E-state index contributed by atoms with van der Waals surface area (Å²) in [6.45, 7) is 5.38. The summed E-state index contributed by atoms with van der Waals surface area (Å²) in [4.78, 5) is 19.3. The van der Waals surface area contributed by atoms with E-state index < -0.39 is 10.0 Å². The van der Waals surface area contributed by atoms with Gasteiger partial charge in [-0.1, -0.05) is 25.5 Å². The molecule has 140 valence electrons. The lowest BCUT2D eigenvalue weighted by molar-refractivity contribution is 0.0755. The summed E-state index contributed by atoms with van der Waals surface area (Å²) in [6.07, 6.45) is 3.47. The Labute approximate surface area is 154 Å². The van der Waals surface area contributed by atoms with Crippen LogP contribution < -0.4 is 0 Å². The molecule has 1 aromatic heterocycles. The highest BCUT2D eigenvalue weighted by atomic mass is 32.2. The number of aromatic nitrogens is 2. The molecule has 7 nitrogen and oxygen atoms in total. The lowest BCUT2D eigenvalue weighted by Gasteiger charge is -2.21. The summed E-state index contributed by atoms with van der Waals surface area (Å²) < 4.78 is 28.6. The molecule has 1 aliphatic rings. The third kappa shape index (κ3) is 3.03. The molecular weight excluding hydrogens is 352 g/mol. The number of para-hydroxylation sites is 1. The molecule has 0 fully saturated rings. The van der Waals surface area contributed by atoms with Gasteiger partial charge in [-0.05, 0) is 25.5 Å². The Morgan fingerprint density at radius 3 is 2.69 bits per heavy atom. The Morgan fingerprint density at radius 1 is 1.27 bits per heavy atom. The molecule has 0 spiro atoms. The minimum atomic E-state index is -3.62. The first kappa shape index (κ1) is 18.6. The van der Waals surface area contributed by atoms with Crippen molar-refractivity contribution in [2.45, 2.75) is 38.1 Å². The predicted molar refractivity (Wildman–Crippen MR) is 98.7 cm³/mol. The number of unbranched alkanes of at least 4 members (excludes halogenated alkanes) is 1. The molecule has 0 saturated heterocycles. The molecule has 0 aliphatic carbocycles. The van der Waals surface area contributed by atoms with Gasteiger partial charge in [0.1, 0.15) is 11.2 Å². The van der Waals surface area contributed by atoms with Gasteiger partial charge in [0, 0.05) is 20.1 Å². The van der Waals surface area contributed by atoms with E-state index in [0.29, 0.717) is 30.2 Å². The molecule has 0 radical (unpaired) electrons. The van der Waals surface area contributed by atoms with Gasteiger partial charge in [0.2, 0.25) is 10.0 Å². The zero-order valence-electron chi connectivity index (χ0n) is 15.3. The van der Waals surface area contributed by atoms with Crippen LogP contribution in [0.15, 0.2) is 35.5 Å². The van der Waals surface area contributed by atoms with Crippen LogP contribution in [0.4, 0.5) is 0 Å². The molecule has 2 heterocycles. The molecule has 3 rings (SSSR count). The largest absolute Gasteiger partial charge is 0.338 e. The quantitative estimate of drug-likeness (QED) is 0.802. The maximum absolute atomic E-state index is 13.0. The van der Waals surface area contributed by atoms with Crippen molar-refractivity contribution in [1.82, 2.24) is 18.8 Å². The zero-order valence-corrected chi connectivity index (χ0v) is 16.2. The van der Waals surface area contributed by atoms with Gasteiger partial charge in [0.05, 0.1) is 17.9 Å². The van der Waals surface area contributed by atoms with Gasteiger partial charge >= 0.3 is 0 Å². The van der Waals surface area contributed by atoms with Crippen molar-refractivity contribution in [2.75, 3.05) is 20.1 Å². The van der Waals surface area contributed by atoms with Crippen LogP contribution in [0.5, 0.6) is 0 Å². The number of carbonyl (C=O) groups excluding carboxylic acids is 1. The lowest BCUT2D eigenvalue weighted by Crippen LogP contribution is -2.33. The Kier molecular flexibility index (Phi) is 5.15. The first-order chi connectivity index (χ1) is 12.4. The molecule has 1 aromatic carbocycles. The van der Waals surface area contributed by atoms with Crippen LogP contribution in [0.3, 0.4) is 0 Å². The van der Waals surface area contributed by atoms with Gasteiger partial charge in [-0.25, -0.2) is 13.4 Å². The van der Waals surface area contributed by atoms with Crippen LogP contribution in [0.1, 0.15) is 42.9 Å². The van der Waals surface area contributed by atoms with E-state index in [1.807, 2.05) is 6.92 Å². The average Bonchev–Trinajstić information content (AvgIpc) is 3.02. The van der Waals surface area contributed by atoms with E-state index in [4.69, 9.17) is 0 Å². The van der Waals surface area contributed by atoms with Gasteiger partial charge < -0.3 is 4.90 Å². The Morgan fingerprint density at radius 2 is 2.00 bits per heavy atom. The monoisotopic (exact) mass is 376 g/mol. The number of fused-ring (bicyclic) bond motifs is 3. The Bertz CT molecular complexity index is 920. The number of sulfonamides is 1. The molecule has 0 saturated carbocycles. The molecule has 0 atom stereocenters. The van der Waals surface area contributed by atoms with E-state index in [1.165, 1.54) is 11.4 Å². The van der Waals surface area contributed by atoms with Gasteiger partial charge in [-0.15, -0.1) is 0 Å². The number of benzene rings is 1. The number of nitrogens with zero attached hydrogens (tertiary/aromatic N) is 4. The highest BCUT2D eigenvalue weighted by Gasteiger charge is 2.33. The van der Waals surface area contributed by atoms with Crippen LogP contribution in [0.2, 0.25) is 0 Å². The van der Waals surface area contributed by atoms with Gasteiger partial charge in [0.15, 0.2) is 5.69 Å². The fourth-order valence-corrected chi connectivity index (χ4v) is 4.46. The Balaban J connectivity index is 2.10. The van der Waals surface area contributed by atoms with Crippen molar-refractivity contribution in [3.63, 3.8) is 0 Å². The standard InChI is InChI=1S/C18H24N4O3S/c1-4-6-11-21(5-2)18(23)17-15-12-20(3)26(24,25)16-10-8-7-9-14(16)22(15)13-19-17/h7-10,13H,4-6,11-12H2,1-3H3. The van der Waals surface area contributed by atoms with E-state index >= 15 is 0 Å². The Hall–Kier alpha value is -2.19. The molecule has 0 bridgehead atoms. The van der Waals surface area contributed by atoms with Crippen LogP contribution in [-0.2, 0) is 16.6 Å². The fraction of sp³-hybridized carbons (Fsp3) is 0.444. The van der Waals surface area contributed by atoms with E-state index in [0.717, 1.165) is 12.8 Å². The molecule has 8 heteroatoms. The highest BCUT2D eigenvalue weighted by molar-refractivity contribution is 7.89. The van der Waals surface area contributed by atoms with Crippen molar-refractivity contribution >= 4 is 15.9 Å². The number of hydrogen-bond donors (Lipinski definition) is 0. The maximum atomic E-state index is 13.0. The van der Waals surface area contributed by atoms with Crippen molar-refractivity contribution in [1.29, 1.82) is 0 Å². The van der Waals surface area contributed by atoms with Gasteiger partial charge in [-0.2, -0.15) is 4.31 Å². The van der Waals surface area contributed by atoms with Crippen molar-refractivity contribution in [3.05, 3.63) is 42.0 Å². The van der Waals surface area contributed by atoms with E-state index in [9.17, 15) is 13.2 Å². The van der Waals surface area contributed by atoms with Crippen LogP contribution >= 0.6 is 0 Å². The molecule has 1 amide bonds. The highest BCUT2D eigenvalue weighted by Crippen LogP contribution is 2.30. The van der Waals surface area contributed by atoms with Gasteiger partial charge in [-0.3, -0.25) is 9.36 Å². The van der Waals surface area contributed by atoms with Crippen molar-refractivity contribution in [2.24, 2.45) is 0 Å². The summed E-state index contributed by atoms with van der Waals surface area (Å²) in [7, 11) is -2.09. The van der Waals surface area contributed by atoms with Crippen LogP contribution in [0, 0.1) is 0 Å². The van der Waals surface area contributed by atoms with E-state index in [1.54, 1.807) is 40.1 Å². The first-order valence-electron chi connectivity index (χ1n) is 8.83. The average molecular weight is 376 g/mol. The second kappa shape index (κ2) is 7.20. The normalized spacial score (nSPS) is 15.8. The lowest BCUT2D eigenvalue weighted by atomic mass is 10.2. The minimum Gasteiger partial charge on any atom is -0.338 e. The number of carbonyl (C=O) groups is 1. The third-order valence-electron chi connectivity index (χ3n) is 4.70. The number of amides is 1. The first-order valence-corrected chi connectivity index (χ1v) is 10.3. The van der Waals surface area contributed by atoms with Crippen LogP contribution in [-0.4, -0.2) is 53.2 Å². The number of rotatable bonds is 5. The fourth-order valence-electron chi connectivity index (χ4n) is 3.15. The molecule has 26 heavy (non-hydrogen) atoms. The van der Waals surface area contributed by atoms with Crippen molar-refractivity contribution in [3.8, 4) is 5.69 Å². The summed E-state index contributed by atoms with van der Waals surface area (Å²) in [5.74, 6) is -0.153. The minimum absolute atomic E-state index is 0.101. The topological polar surface area (TPSA) is 75.5 Å². The number of hydrogen-bond acceptors (Lipinski definition) is 4. The summed E-state index contributed by atoms with van der Waals surface area (Å²) >= 11 is 0. The SMILES string of the molecule is CCCCN(CC)C(=O)c1ncn2c1CN(C)S(=O)(=O)c1ccccc1-2. The summed E-state index contributed by atoms with van der Waals surface area (Å²) in [5.41, 5.74) is 1.44. The second-order valence-electron chi connectivity index (χ2n) is 6.38. The molecule has 1 aliphatic heterocycles. The third-order valence-corrected chi connectivity index (χ3v) is 6.56. The second-order valence-corrected chi connectivity index (χ2v) is 8.39. The molecule has 0 unspecified atom stereocenters. The summed E-state index contributed by atoms with van der Waals surface area (Å²) in [6, 6.07) is 6.80. The molecular formula is C18H24N4O3S. The van der Waals surface area contributed by atoms with E-state index in [-0.39, 0.29) is 17.3 Å². The zero-order chi connectivity index (χ0) is 18.9.